The number of amides is 2. The number of nitrogens with zero attached hydrogens (tertiary/aromatic N) is 1. The highest BCUT2D eigenvalue weighted by atomic mass is 19.1. The van der Waals surface area contributed by atoms with Crippen LogP contribution in [0.25, 0.3) is 11.1 Å². The third-order valence-corrected chi connectivity index (χ3v) is 6.05. The average Bonchev–Trinajstić information content (AvgIpc) is 3.55. The molecule has 29 heavy (non-hydrogen) atoms. The largest absolute Gasteiger partial charge is 0.369 e. The highest BCUT2D eigenvalue weighted by Gasteiger charge is 2.57. The molecule has 0 radical (unpaired) electrons. The van der Waals surface area contributed by atoms with Crippen molar-refractivity contribution in [3.05, 3.63) is 59.9 Å². The Morgan fingerprint density at radius 1 is 1.07 bits per heavy atom. The molecule has 2 amide bonds. The Morgan fingerprint density at radius 3 is 2.41 bits per heavy atom. The number of piperidine rings is 1. The van der Waals surface area contributed by atoms with Gasteiger partial charge in [0.1, 0.15) is 11.2 Å². The van der Waals surface area contributed by atoms with Crippen LogP contribution in [-0.4, -0.2) is 35.6 Å². The molecule has 2 fully saturated rings. The van der Waals surface area contributed by atoms with Gasteiger partial charge in [-0.15, -0.1) is 0 Å². The lowest BCUT2D eigenvalue weighted by Gasteiger charge is -2.34. The normalized spacial score (nSPS) is 20.2. The van der Waals surface area contributed by atoms with Crippen molar-refractivity contribution in [3.63, 3.8) is 0 Å². The van der Waals surface area contributed by atoms with Crippen LogP contribution >= 0.6 is 0 Å². The fourth-order valence-electron chi connectivity index (χ4n) is 4.12. The van der Waals surface area contributed by atoms with Gasteiger partial charge in [0.15, 0.2) is 5.78 Å². The maximum atomic E-state index is 14.7. The average molecular weight is 394 g/mol. The molecule has 0 aromatic heterocycles. The van der Waals surface area contributed by atoms with E-state index in [1.165, 1.54) is 6.07 Å². The molecule has 150 valence electrons. The second kappa shape index (κ2) is 7.43. The van der Waals surface area contributed by atoms with Crippen molar-refractivity contribution >= 4 is 17.6 Å². The van der Waals surface area contributed by atoms with E-state index < -0.39 is 23.1 Å². The van der Waals surface area contributed by atoms with Gasteiger partial charge in [-0.2, -0.15) is 0 Å². The van der Waals surface area contributed by atoms with Gasteiger partial charge in [0.05, 0.1) is 0 Å². The van der Waals surface area contributed by atoms with Gasteiger partial charge in [-0.25, -0.2) is 4.39 Å². The summed E-state index contributed by atoms with van der Waals surface area (Å²) in [6.45, 7) is 0.758. The summed E-state index contributed by atoms with van der Waals surface area (Å²) >= 11 is 0. The lowest BCUT2D eigenvalue weighted by molar-refractivity contribution is -0.144. The number of hydrogen-bond donors (Lipinski definition) is 1. The van der Waals surface area contributed by atoms with Crippen LogP contribution in [0.5, 0.6) is 0 Å². The van der Waals surface area contributed by atoms with E-state index in [-0.39, 0.29) is 18.2 Å². The minimum atomic E-state index is -1.08. The summed E-state index contributed by atoms with van der Waals surface area (Å²) in [5.74, 6) is -1.89. The lowest BCUT2D eigenvalue weighted by Crippen LogP contribution is -2.48. The van der Waals surface area contributed by atoms with Crippen molar-refractivity contribution in [2.24, 2.45) is 17.1 Å². The van der Waals surface area contributed by atoms with E-state index in [0.717, 1.165) is 5.56 Å². The maximum Gasteiger partial charge on any atom is 0.238 e. The first-order chi connectivity index (χ1) is 13.9. The fourth-order valence-corrected chi connectivity index (χ4v) is 4.12. The zero-order valence-corrected chi connectivity index (χ0v) is 16.1. The summed E-state index contributed by atoms with van der Waals surface area (Å²) in [6.07, 6.45) is 2.25. The van der Waals surface area contributed by atoms with Gasteiger partial charge < -0.3 is 10.6 Å². The van der Waals surface area contributed by atoms with E-state index in [2.05, 4.69) is 0 Å². The summed E-state index contributed by atoms with van der Waals surface area (Å²) in [5, 5.41) is 0. The molecular formula is C23H23FN2O3. The van der Waals surface area contributed by atoms with Gasteiger partial charge >= 0.3 is 0 Å². The van der Waals surface area contributed by atoms with Gasteiger partial charge in [0.25, 0.3) is 0 Å². The summed E-state index contributed by atoms with van der Waals surface area (Å²) in [4.78, 5) is 38.9. The van der Waals surface area contributed by atoms with Crippen LogP contribution in [0.15, 0.2) is 48.5 Å². The van der Waals surface area contributed by atoms with E-state index >= 15 is 0 Å². The van der Waals surface area contributed by atoms with E-state index in [1.807, 2.05) is 30.3 Å². The minimum absolute atomic E-state index is 0.176. The third-order valence-electron chi connectivity index (χ3n) is 6.05. The first-order valence-corrected chi connectivity index (χ1v) is 9.91. The molecule has 2 N–H and O–H groups in total. The van der Waals surface area contributed by atoms with Crippen molar-refractivity contribution in [2.75, 3.05) is 13.1 Å². The summed E-state index contributed by atoms with van der Waals surface area (Å²) < 4.78 is 14.7. The van der Waals surface area contributed by atoms with Gasteiger partial charge in [0.2, 0.25) is 11.8 Å². The van der Waals surface area contributed by atoms with Crippen molar-refractivity contribution in [1.82, 2.24) is 4.90 Å². The number of Topliss-reactive ketones (excluding diaryl/α,β-unsaturated/α-hetero) is 1. The van der Waals surface area contributed by atoms with E-state index in [0.29, 0.717) is 43.4 Å². The fraction of sp³-hybridized carbons (Fsp3) is 0.348. The number of likely N-dealkylation sites (tertiary alicyclic amines) is 1. The van der Waals surface area contributed by atoms with Crippen LogP contribution in [0, 0.1) is 17.2 Å². The highest BCUT2D eigenvalue weighted by Crippen LogP contribution is 2.47. The molecule has 5 nitrogen and oxygen atoms in total. The summed E-state index contributed by atoms with van der Waals surface area (Å²) in [5.41, 5.74) is 5.83. The van der Waals surface area contributed by atoms with Crippen molar-refractivity contribution in [1.29, 1.82) is 0 Å². The van der Waals surface area contributed by atoms with Crippen LogP contribution in [0.4, 0.5) is 4.39 Å². The third kappa shape index (κ3) is 3.55. The lowest BCUT2D eigenvalue weighted by atomic mass is 9.88. The Morgan fingerprint density at radius 2 is 1.79 bits per heavy atom. The van der Waals surface area contributed by atoms with E-state index in [9.17, 15) is 18.8 Å². The molecule has 1 unspecified atom stereocenters. The first-order valence-electron chi connectivity index (χ1n) is 9.91. The maximum absolute atomic E-state index is 14.7. The minimum Gasteiger partial charge on any atom is -0.369 e. The predicted molar refractivity (Wildman–Crippen MR) is 106 cm³/mol. The molecule has 2 aromatic rings. The highest BCUT2D eigenvalue weighted by molar-refractivity contribution is 6.07. The van der Waals surface area contributed by atoms with Crippen LogP contribution < -0.4 is 5.73 Å². The number of primary amides is 1. The quantitative estimate of drug-likeness (QED) is 0.625. The van der Waals surface area contributed by atoms with Crippen molar-refractivity contribution < 1.29 is 18.8 Å². The molecule has 1 saturated heterocycles. The molecular weight excluding hydrogens is 371 g/mol. The molecule has 1 atom stereocenters. The summed E-state index contributed by atoms with van der Waals surface area (Å²) in [6, 6.07) is 13.7. The van der Waals surface area contributed by atoms with Gasteiger partial charge in [-0.3, -0.25) is 14.4 Å². The Kier molecular flexibility index (Phi) is 4.94. The number of rotatable bonds is 5. The zero-order chi connectivity index (χ0) is 20.6. The number of benzene rings is 2. The van der Waals surface area contributed by atoms with Crippen molar-refractivity contribution in [3.8, 4) is 11.1 Å². The zero-order valence-electron chi connectivity index (χ0n) is 16.1. The molecule has 4 rings (SSSR count). The Balaban J connectivity index is 1.50. The van der Waals surface area contributed by atoms with Crippen LogP contribution in [0.2, 0.25) is 0 Å². The SMILES string of the molecule is NC(=O)C1(C(=O)N2CCCC(C(=O)c3ccc(-c4ccccc4)c(F)c3)C2)CC1. The molecule has 0 spiro atoms. The first kappa shape index (κ1) is 19.3. The molecule has 2 aliphatic rings. The molecule has 0 bridgehead atoms. The number of halogens is 1. The number of carbonyl (C=O) groups excluding carboxylic acids is 3. The Bertz CT molecular complexity index is 969. The number of nitrogens with two attached hydrogens (primary N) is 1. The van der Waals surface area contributed by atoms with E-state index in [1.54, 1.807) is 17.0 Å². The second-order valence-corrected chi connectivity index (χ2v) is 7.96. The molecule has 6 heteroatoms. The molecule has 1 aliphatic heterocycles. The number of carbonyl (C=O) groups is 3. The van der Waals surface area contributed by atoms with Gasteiger partial charge in [-0.1, -0.05) is 42.5 Å². The molecule has 2 aromatic carbocycles. The van der Waals surface area contributed by atoms with Crippen LogP contribution in [0.1, 0.15) is 36.0 Å². The Labute approximate surface area is 168 Å². The molecule has 1 saturated carbocycles. The molecule has 1 aliphatic carbocycles. The number of hydrogen-bond acceptors (Lipinski definition) is 3. The van der Waals surface area contributed by atoms with E-state index in [4.69, 9.17) is 5.73 Å². The monoisotopic (exact) mass is 394 g/mol. The summed E-state index contributed by atoms with van der Waals surface area (Å²) in [7, 11) is 0. The van der Waals surface area contributed by atoms with Crippen molar-refractivity contribution in [2.45, 2.75) is 25.7 Å². The predicted octanol–water partition coefficient (Wildman–Crippen LogP) is 3.18. The molecule has 1 heterocycles. The van der Waals surface area contributed by atoms with Crippen LogP contribution in [0.3, 0.4) is 0 Å². The topological polar surface area (TPSA) is 80.5 Å². The smallest absolute Gasteiger partial charge is 0.238 e. The standard InChI is InChI=1S/C23H23FN2O3/c24-19-13-16(8-9-18(19)15-5-2-1-3-6-15)20(27)17-7-4-12-26(14-17)22(29)23(10-11-23)21(25)28/h1-3,5-6,8-9,13,17H,4,7,10-12,14H2,(H2,25,28). The van der Waals surface area contributed by atoms with Crippen LogP contribution in [-0.2, 0) is 9.59 Å². The number of ketones is 1. The van der Waals surface area contributed by atoms with Gasteiger partial charge in [-0.05, 0) is 37.3 Å². The Hall–Kier alpha value is -3.02. The second-order valence-electron chi connectivity index (χ2n) is 7.96. The van der Waals surface area contributed by atoms with Gasteiger partial charge in [0, 0.05) is 30.1 Å².